The molecule has 0 aromatic rings. The molecule has 0 saturated heterocycles. The van der Waals surface area contributed by atoms with Crippen molar-refractivity contribution in [2.24, 2.45) is 11.5 Å². The van der Waals surface area contributed by atoms with E-state index in [1.165, 1.54) is 36.3 Å². The molecular formula is C14H36N2OSi2. The van der Waals surface area contributed by atoms with Crippen molar-refractivity contribution < 1.29 is 4.12 Å². The van der Waals surface area contributed by atoms with Crippen molar-refractivity contribution in [2.45, 2.75) is 76.8 Å². The lowest BCUT2D eigenvalue weighted by Crippen LogP contribution is -2.50. The quantitative estimate of drug-likeness (QED) is 0.541. The van der Waals surface area contributed by atoms with Crippen LogP contribution in [-0.4, -0.2) is 29.7 Å². The van der Waals surface area contributed by atoms with Crippen LogP contribution in [0.5, 0.6) is 0 Å². The SMILES string of the molecule is CC[Si](CC)(CC)O[Si](CC)(CCCN)CCCN. The van der Waals surface area contributed by atoms with Crippen LogP contribution in [0.4, 0.5) is 0 Å². The smallest absolute Gasteiger partial charge is 0.179 e. The Labute approximate surface area is 122 Å². The topological polar surface area (TPSA) is 61.3 Å². The highest BCUT2D eigenvalue weighted by Gasteiger charge is 2.40. The highest BCUT2D eigenvalue weighted by Crippen LogP contribution is 2.33. The minimum atomic E-state index is -1.61. The van der Waals surface area contributed by atoms with E-state index in [0.29, 0.717) is 0 Å². The molecule has 0 aromatic heterocycles. The van der Waals surface area contributed by atoms with Crippen LogP contribution in [0.25, 0.3) is 0 Å². The van der Waals surface area contributed by atoms with Crippen LogP contribution in [0.2, 0.25) is 36.3 Å². The van der Waals surface area contributed by atoms with Crippen LogP contribution in [0, 0.1) is 0 Å². The molecule has 0 rings (SSSR count). The van der Waals surface area contributed by atoms with Gasteiger partial charge in [0, 0.05) is 0 Å². The van der Waals surface area contributed by atoms with Crippen LogP contribution >= 0.6 is 0 Å². The molecule has 0 fully saturated rings. The fourth-order valence-corrected chi connectivity index (χ4v) is 13.9. The third kappa shape index (κ3) is 6.08. The molecule has 0 radical (unpaired) electrons. The van der Waals surface area contributed by atoms with Crippen molar-refractivity contribution in [1.82, 2.24) is 0 Å². The van der Waals surface area contributed by atoms with Crippen molar-refractivity contribution in [3.05, 3.63) is 0 Å². The Kier molecular flexibility index (Phi) is 10.3. The van der Waals surface area contributed by atoms with Crippen LogP contribution < -0.4 is 11.5 Å². The van der Waals surface area contributed by atoms with Crippen LogP contribution in [-0.2, 0) is 4.12 Å². The third-order valence-corrected chi connectivity index (χ3v) is 15.8. The van der Waals surface area contributed by atoms with E-state index >= 15 is 0 Å². The van der Waals surface area contributed by atoms with Gasteiger partial charge in [-0.1, -0.05) is 27.7 Å². The summed E-state index contributed by atoms with van der Waals surface area (Å²) in [6.07, 6.45) is 2.23. The number of rotatable bonds is 12. The van der Waals surface area contributed by atoms with Gasteiger partial charge >= 0.3 is 0 Å². The highest BCUT2D eigenvalue weighted by molar-refractivity contribution is 6.87. The van der Waals surface area contributed by atoms with E-state index in [9.17, 15) is 0 Å². The van der Waals surface area contributed by atoms with Gasteiger partial charge in [-0.25, -0.2) is 0 Å². The van der Waals surface area contributed by atoms with Crippen molar-refractivity contribution >= 4 is 16.6 Å². The molecule has 116 valence electrons. The Bertz CT molecular complexity index is 207. The molecule has 19 heavy (non-hydrogen) atoms. The Morgan fingerprint density at radius 3 is 1.32 bits per heavy atom. The molecule has 0 bridgehead atoms. The summed E-state index contributed by atoms with van der Waals surface area (Å²) in [7, 11) is -3.10. The second kappa shape index (κ2) is 10.1. The molecule has 0 aromatic carbocycles. The second-order valence-electron chi connectivity index (χ2n) is 5.67. The number of hydrogen-bond donors (Lipinski definition) is 2. The van der Waals surface area contributed by atoms with Gasteiger partial charge in [-0.3, -0.25) is 0 Å². The molecule has 4 N–H and O–H groups in total. The number of hydrogen-bond acceptors (Lipinski definition) is 3. The largest absolute Gasteiger partial charge is 0.455 e. The van der Waals surface area contributed by atoms with Crippen molar-refractivity contribution in [3.8, 4) is 0 Å². The first kappa shape index (κ1) is 19.3. The Balaban J connectivity index is 4.96. The van der Waals surface area contributed by atoms with Gasteiger partial charge in [0.25, 0.3) is 0 Å². The summed E-state index contributed by atoms with van der Waals surface area (Å²) in [4.78, 5) is 0. The summed E-state index contributed by atoms with van der Waals surface area (Å²) in [5.41, 5.74) is 11.5. The van der Waals surface area contributed by atoms with Crippen molar-refractivity contribution in [1.29, 1.82) is 0 Å². The maximum Gasteiger partial charge on any atom is 0.179 e. The highest BCUT2D eigenvalue weighted by atomic mass is 28.4. The average Bonchev–Trinajstić information content (AvgIpc) is 2.47. The van der Waals surface area contributed by atoms with Gasteiger partial charge in [0.05, 0.1) is 0 Å². The maximum absolute atomic E-state index is 6.99. The van der Waals surface area contributed by atoms with E-state index in [1.807, 2.05) is 0 Å². The Morgan fingerprint density at radius 1 is 0.684 bits per heavy atom. The Hall–Kier alpha value is 0.314. The Morgan fingerprint density at radius 2 is 1.05 bits per heavy atom. The lowest BCUT2D eigenvalue weighted by Gasteiger charge is -2.41. The molecule has 0 saturated carbocycles. The zero-order valence-electron chi connectivity index (χ0n) is 13.6. The van der Waals surface area contributed by atoms with E-state index in [2.05, 4.69) is 27.7 Å². The fraction of sp³-hybridized carbons (Fsp3) is 1.00. The molecule has 0 aliphatic carbocycles. The van der Waals surface area contributed by atoms with Crippen LogP contribution in [0.15, 0.2) is 0 Å². The van der Waals surface area contributed by atoms with Gasteiger partial charge in [-0.15, -0.1) is 0 Å². The number of nitrogens with two attached hydrogens (primary N) is 2. The zero-order chi connectivity index (χ0) is 14.8. The summed E-state index contributed by atoms with van der Waals surface area (Å²) in [5.74, 6) is 0. The monoisotopic (exact) mass is 304 g/mol. The minimum Gasteiger partial charge on any atom is -0.455 e. The lowest BCUT2D eigenvalue weighted by molar-refractivity contribution is 0.499. The molecule has 0 unspecified atom stereocenters. The summed E-state index contributed by atoms with van der Waals surface area (Å²) in [5, 5.41) is 0. The van der Waals surface area contributed by atoms with Crippen molar-refractivity contribution in [3.63, 3.8) is 0 Å². The van der Waals surface area contributed by atoms with Crippen molar-refractivity contribution in [2.75, 3.05) is 13.1 Å². The summed E-state index contributed by atoms with van der Waals surface area (Å²) in [6, 6.07) is 7.44. The summed E-state index contributed by atoms with van der Waals surface area (Å²) < 4.78 is 6.99. The average molecular weight is 305 g/mol. The maximum atomic E-state index is 6.99. The normalized spacial score (nSPS) is 12.9. The first-order valence-corrected chi connectivity index (χ1v) is 13.2. The van der Waals surface area contributed by atoms with Gasteiger partial charge in [0.2, 0.25) is 0 Å². The predicted molar refractivity (Wildman–Crippen MR) is 91.5 cm³/mol. The molecule has 0 aliphatic heterocycles. The molecule has 0 heterocycles. The molecule has 0 spiro atoms. The standard InChI is InChI=1S/C14H36N2OSi2/c1-5-18(6-2,7-3)17-19(8-4,13-9-11-15)14-10-12-16/h5-16H2,1-4H3. The van der Waals surface area contributed by atoms with E-state index in [0.717, 1.165) is 25.9 Å². The third-order valence-electron chi connectivity index (χ3n) is 4.68. The minimum absolute atomic E-state index is 0.791. The molecule has 3 nitrogen and oxygen atoms in total. The molecular weight excluding hydrogens is 268 g/mol. The molecule has 0 amide bonds. The second-order valence-corrected chi connectivity index (χ2v) is 15.0. The lowest BCUT2D eigenvalue weighted by atomic mass is 10.5. The first-order chi connectivity index (χ1) is 9.07. The van der Waals surface area contributed by atoms with E-state index in [1.54, 1.807) is 0 Å². The summed E-state index contributed by atoms with van der Waals surface area (Å²) >= 11 is 0. The van der Waals surface area contributed by atoms with Gasteiger partial charge in [0.15, 0.2) is 16.6 Å². The first-order valence-electron chi connectivity index (χ1n) is 8.17. The predicted octanol–water partition coefficient (Wildman–Crippen LogP) is 3.67. The van der Waals surface area contributed by atoms with E-state index in [4.69, 9.17) is 15.6 Å². The van der Waals surface area contributed by atoms with Gasteiger partial charge in [-0.05, 0) is 62.2 Å². The van der Waals surface area contributed by atoms with E-state index in [-0.39, 0.29) is 0 Å². The van der Waals surface area contributed by atoms with Gasteiger partial charge in [-0.2, -0.15) is 0 Å². The van der Waals surface area contributed by atoms with E-state index < -0.39 is 16.6 Å². The molecule has 0 atom stereocenters. The molecule has 5 heteroatoms. The van der Waals surface area contributed by atoms with Gasteiger partial charge < -0.3 is 15.6 Å². The fourth-order valence-electron chi connectivity index (χ4n) is 2.93. The zero-order valence-corrected chi connectivity index (χ0v) is 15.6. The van der Waals surface area contributed by atoms with Gasteiger partial charge in [0.1, 0.15) is 0 Å². The molecule has 0 aliphatic rings. The van der Waals surface area contributed by atoms with Crippen LogP contribution in [0.3, 0.4) is 0 Å². The van der Waals surface area contributed by atoms with Crippen LogP contribution in [0.1, 0.15) is 40.5 Å². The summed E-state index contributed by atoms with van der Waals surface area (Å²) in [6.45, 7) is 10.9.